The van der Waals surface area contributed by atoms with Crippen LogP contribution in [0.25, 0.3) is 6.08 Å². The number of nitrogens with one attached hydrogen (secondary N) is 1. The molecule has 0 unspecified atom stereocenters. The highest BCUT2D eigenvalue weighted by atomic mass is 32.2. The highest BCUT2D eigenvalue weighted by molar-refractivity contribution is 7.89. The van der Waals surface area contributed by atoms with Gasteiger partial charge < -0.3 is 5.32 Å². The molecule has 0 heterocycles. The van der Waals surface area contributed by atoms with Crippen LogP contribution in [0.3, 0.4) is 0 Å². The number of sulfonamides is 1. The van der Waals surface area contributed by atoms with E-state index in [4.69, 9.17) is 10.4 Å². The first kappa shape index (κ1) is 18.3. The Morgan fingerprint density at radius 3 is 2.32 bits per heavy atom. The predicted octanol–water partition coefficient (Wildman–Crippen LogP) is 2.16. The maximum Gasteiger partial charge on any atom is 0.266 e. The van der Waals surface area contributed by atoms with Gasteiger partial charge in [0.25, 0.3) is 5.91 Å². The van der Waals surface area contributed by atoms with Gasteiger partial charge in [0.15, 0.2) is 0 Å². The van der Waals surface area contributed by atoms with E-state index in [-0.39, 0.29) is 16.1 Å². The molecule has 1 amide bonds. The highest BCUT2D eigenvalue weighted by Gasteiger charge is 2.12. The Hall–Kier alpha value is -3.09. The van der Waals surface area contributed by atoms with Gasteiger partial charge in [0, 0.05) is 17.3 Å². The number of carbonyl (C=O) groups excluding carboxylic acids is 1. The summed E-state index contributed by atoms with van der Waals surface area (Å²) in [6.07, 6.45) is 0.975. The van der Waals surface area contributed by atoms with Crippen molar-refractivity contribution in [3.05, 3.63) is 65.2 Å². The van der Waals surface area contributed by atoms with E-state index in [2.05, 4.69) is 5.32 Å². The van der Waals surface area contributed by atoms with Crippen LogP contribution in [-0.4, -0.2) is 14.3 Å². The lowest BCUT2D eigenvalue weighted by molar-refractivity contribution is -0.112. The number of anilines is 1. The summed E-state index contributed by atoms with van der Waals surface area (Å²) in [6.45, 7) is 0. The van der Waals surface area contributed by atoms with Crippen LogP contribution >= 0.6 is 0 Å². The van der Waals surface area contributed by atoms with Crippen LogP contribution in [-0.2, 0) is 14.8 Å². The fraction of sp³-hybridized carbons (Fsp3) is 0. The summed E-state index contributed by atoms with van der Waals surface area (Å²) in [4.78, 5) is 11.9. The SMILES string of the molecule is N#C/C(=C\c1ccc(F)cc1F)C(=O)Nc1ccc(S(N)(=O)=O)cc1. The van der Waals surface area contributed by atoms with E-state index in [1.165, 1.54) is 24.3 Å². The molecule has 0 spiro atoms. The van der Waals surface area contributed by atoms with Crippen LogP contribution in [0.4, 0.5) is 14.5 Å². The average Bonchev–Trinajstić information content (AvgIpc) is 2.53. The second kappa shape index (κ2) is 7.21. The van der Waals surface area contributed by atoms with Gasteiger partial charge in [0.05, 0.1) is 4.90 Å². The van der Waals surface area contributed by atoms with Crippen molar-refractivity contribution in [3.8, 4) is 6.07 Å². The average molecular weight is 363 g/mol. The molecule has 0 aromatic heterocycles. The fourth-order valence-electron chi connectivity index (χ4n) is 1.85. The Kier molecular flexibility index (Phi) is 5.26. The van der Waals surface area contributed by atoms with E-state index in [0.717, 1.165) is 18.2 Å². The van der Waals surface area contributed by atoms with Crippen molar-refractivity contribution in [2.24, 2.45) is 5.14 Å². The topological polar surface area (TPSA) is 113 Å². The quantitative estimate of drug-likeness (QED) is 0.640. The largest absolute Gasteiger partial charge is 0.321 e. The number of hydrogen-bond donors (Lipinski definition) is 2. The minimum atomic E-state index is -3.87. The zero-order valence-corrected chi connectivity index (χ0v) is 13.3. The summed E-state index contributed by atoms with van der Waals surface area (Å²) in [7, 11) is -3.87. The number of rotatable bonds is 4. The van der Waals surface area contributed by atoms with E-state index in [1.807, 2.05) is 0 Å². The molecule has 0 bridgehead atoms. The Labute approximate surface area is 142 Å². The maximum absolute atomic E-state index is 13.6. The van der Waals surface area contributed by atoms with Crippen molar-refractivity contribution in [1.82, 2.24) is 0 Å². The monoisotopic (exact) mass is 363 g/mol. The minimum absolute atomic E-state index is 0.127. The Balaban J connectivity index is 2.23. The molecular formula is C16H11F2N3O3S. The molecule has 3 N–H and O–H groups in total. The van der Waals surface area contributed by atoms with Crippen LogP contribution in [0.5, 0.6) is 0 Å². The Bertz CT molecular complexity index is 994. The van der Waals surface area contributed by atoms with Gasteiger partial charge in [-0.05, 0) is 42.5 Å². The molecule has 0 fully saturated rings. The third-order valence-corrected chi connectivity index (χ3v) is 4.00. The smallest absolute Gasteiger partial charge is 0.266 e. The number of benzene rings is 2. The van der Waals surface area contributed by atoms with Crippen LogP contribution in [0, 0.1) is 23.0 Å². The van der Waals surface area contributed by atoms with E-state index in [1.54, 1.807) is 6.07 Å². The lowest BCUT2D eigenvalue weighted by Gasteiger charge is -2.05. The molecule has 0 aliphatic carbocycles. The molecular weight excluding hydrogens is 352 g/mol. The molecule has 0 aliphatic rings. The van der Waals surface area contributed by atoms with Crippen LogP contribution in [0.1, 0.15) is 5.56 Å². The van der Waals surface area contributed by atoms with Crippen LogP contribution < -0.4 is 10.5 Å². The number of carbonyl (C=O) groups is 1. The summed E-state index contributed by atoms with van der Waals surface area (Å²) in [6, 6.07) is 9.27. The fourth-order valence-corrected chi connectivity index (χ4v) is 2.36. The Morgan fingerprint density at radius 1 is 1.16 bits per heavy atom. The zero-order valence-electron chi connectivity index (χ0n) is 12.5. The van der Waals surface area contributed by atoms with E-state index in [0.29, 0.717) is 6.07 Å². The predicted molar refractivity (Wildman–Crippen MR) is 86.4 cm³/mol. The third kappa shape index (κ3) is 4.69. The molecule has 0 aliphatic heterocycles. The van der Waals surface area contributed by atoms with Crippen molar-refractivity contribution < 1.29 is 22.0 Å². The van der Waals surface area contributed by atoms with Crippen LogP contribution in [0.2, 0.25) is 0 Å². The molecule has 2 rings (SSSR count). The highest BCUT2D eigenvalue weighted by Crippen LogP contribution is 2.16. The molecule has 2 aromatic rings. The van der Waals surface area contributed by atoms with Gasteiger partial charge >= 0.3 is 0 Å². The first-order valence-corrected chi connectivity index (χ1v) is 8.26. The summed E-state index contributed by atoms with van der Waals surface area (Å²) in [5, 5.41) is 16.4. The maximum atomic E-state index is 13.6. The molecule has 0 saturated heterocycles. The number of halogens is 2. The van der Waals surface area contributed by atoms with E-state index >= 15 is 0 Å². The van der Waals surface area contributed by atoms with Crippen molar-refractivity contribution >= 4 is 27.7 Å². The first-order valence-electron chi connectivity index (χ1n) is 6.72. The number of primary sulfonamides is 1. The van der Waals surface area contributed by atoms with Gasteiger partial charge in [-0.3, -0.25) is 4.79 Å². The van der Waals surface area contributed by atoms with E-state index in [9.17, 15) is 22.0 Å². The molecule has 128 valence electrons. The van der Waals surface area contributed by atoms with Crippen LogP contribution in [0.15, 0.2) is 52.9 Å². The molecule has 0 atom stereocenters. The van der Waals surface area contributed by atoms with Crippen molar-refractivity contribution in [2.45, 2.75) is 4.90 Å². The van der Waals surface area contributed by atoms with Crippen molar-refractivity contribution in [1.29, 1.82) is 5.26 Å². The minimum Gasteiger partial charge on any atom is -0.321 e. The lowest BCUT2D eigenvalue weighted by atomic mass is 10.1. The summed E-state index contributed by atoms with van der Waals surface area (Å²) in [5.41, 5.74) is -0.336. The molecule has 2 aromatic carbocycles. The Morgan fingerprint density at radius 2 is 1.80 bits per heavy atom. The van der Waals surface area contributed by atoms with Gasteiger partial charge in [-0.15, -0.1) is 0 Å². The van der Waals surface area contributed by atoms with E-state index < -0.39 is 33.1 Å². The van der Waals surface area contributed by atoms with Gasteiger partial charge in [-0.2, -0.15) is 5.26 Å². The normalized spacial score (nSPS) is 11.7. The summed E-state index contributed by atoms with van der Waals surface area (Å²) < 4.78 is 48.8. The molecule has 9 heteroatoms. The van der Waals surface area contributed by atoms with Crippen molar-refractivity contribution in [2.75, 3.05) is 5.32 Å². The van der Waals surface area contributed by atoms with Gasteiger partial charge in [-0.1, -0.05) is 0 Å². The number of hydrogen-bond acceptors (Lipinski definition) is 4. The number of nitriles is 1. The van der Waals surface area contributed by atoms with Gasteiger partial charge in [-0.25, -0.2) is 22.3 Å². The lowest BCUT2D eigenvalue weighted by Crippen LogP contribution is -2.14. The molecule has 0 saturated carbocycles. The van der Waals surface area contributed by atoms with Gasteiger partial charge in [0.1, 0.15) is 23.3 Å². The third-order valence-electron chi connectivity index (χ3n) is 3.07. The number of nitrogens with two attached hydrogens (primary N) is 1. The second-order valence-electron chi connectivity index (χ2n) is 4.86. The number of amides is 1. The standard InChI is InChI=1S/C16H11F2N3O3S/c17-12-2-1-10(15(18)8-12)7-11(9-19)16(22)21-13-3-5-14(6-4-13)25(20,23)24/h1-8H,(H,21,22)(H2,20,23,24)/b11-7+. The second-order valence-corrected chi connectivity index (χ2v) is 6.42. The first-order chi connectivity index (χ1) is 11.7. The van der Waals surface area contributed by atoms with Crippen molar-refractivity contribution in [3.63, 3.8) is 0 Å². The van der Waals surface area contributed by atoms with Gasteiger partial charge in [0.2, 0.25) is 10.0 Å². The molecule has 6 nitrogen and oxygen atoms in total. The summed E-state index contributed by atoms with van der Waals surface area (Å²) >= 11 is 0. The summed E-state index contributed by atoms with van der Waals surface area (Å²) in [5.74, 6) is -2.54. The number of nitrogens with zero attached hydrogens (tertiary/aromatic N) is 1. The molecule has 25 heavy (non-hydrogen) atoms. The zero-order chi connectivity index (χ0) is 18.6. The molecule has 0 radical (unpaired) electrons.